The van der Waals surface area contributed by atoms with Crippen molar-refractivity contribution in [3.8, 4) is 0 Å². The van der Waals surface area contributed by atoms with Crippen molar-refractivity contribution in [2.24, 2.45) is 0 Å². The molecule has 0 aromatic carbocycles. The van der Waals surface area contributed by atoms with E-state index in [-0.39, 0.29) is 19.1 Å². The summed E-state index contributed by atoms with van der Waals surface area (Å²) in [6, 6.07) is -1.52. The topological polar surface area (TPSA) is 94.2 Å². The molecule has 0 aliphatic carbocycles. The van der Waals surface area contributed by atoms with Gasteiger partial charge in [-0.2, -0.15) is 0 Å². The molecule has 2 heterocycles. The quantitative estimate of drug-likeness (QED) is 0.770. The molecule has 0 unspecified atom stereocenters. The number of alkyl carbamates (subject to hydrolysis) is 1. The third-order valence-corrected chi connectivity index (χ3v) is 3.59. The van der Waals surface area contributed by atoms with Crippen molar-refractivity contribution in [1.29, 1.82) is 0 Å². The Morgan fingerprint density at radius 2 is 2.04 bits per heavy atom. The van der Waals surface area contributed by atoms with Gasteiger partial charge in [-0.3, -0.25) is 4.79 Å². The number of hydrogen-bond donors (Lipinski definition) is 1. The lowest BCUT2D eigenvalue weighted by atomic mass is 10.2. The van der Waals surface area contributed by atoms with Gasteiger partial charge in [0.05, 0.1) is 13.2 Å². The summed E-state index contributed by atoms with van der Waals surface area (Å²) in [6.45, 7) is 7.24. The lowest BCUT2D eigenvalue weighted by molar-refractivity contribution is -0.172. The molecule has 2 fully saturated rings. The van der Waals surface area contributed by atoms with Gasteiger partial charge in [-0.15, -0.1) is 0 Å². The molecule has 0 aromatic heterocycles. The Kier molecular flexibility index (Phi) is 5.13. The van der Waals surface area contributed by atoms with E-state index in [1.165, 1.54) is 4.90 Å². The van der Waals surface area contributed by atoms with Gasteiger partial charge < -0.3 is 24.4 Å². The smallest absolute Gasteiger partial charge is 0.408 e. The molecular weight excluding hydrogens is 304 g/mol. The Labute approximate surface area is 135 Å². The summed E-state index contributed by atoms with van der Waals surface area (Å²) in [5, 5.41) is 2.50. The minimum atomic E-state index is -0.865. The first-order chi connectivity index (χ1) is 10.7. The molecule has 0 bridgehead atoms. The fraction of sp³-hybridized carbons (Fsp3) is 0.800. The van der Waals surface area contributed by atoms with E-state index in [9.17, 15) is 14.4 Å². The molecule has 8 heteroatoms. The van der Waals surface area contributed by atoms with Gasteiger partial charge in [-0.05, 0) is 40.5 Å². The average Bonchev–Trinajstić information content (AvgIpc) is 2.85. The van der Waals surface area contributed by atoms with E-state index < -0.39 is 36.0 Å². The van der Waals surface area contributed by atoms with Gasteiger partial charge in [-0.1, -0.05) is 0 Å². The van der Waals surface area contributed by atoms with Gasteiger partial charge in [0.25, 0.3) is 0 Å². The highest BCUT2D eigenvalue weighted by Crippen LogP contribution is 2.30. The molecule has 0 saturated carbocycles. The standard InChI is InChI=1S/C15H24N2O6/c1-5-21-13(19)10-6-7-11-17(10)12(18)9(8-22-11)16-14(20)23-15(2,3)4/h9-11H,5-8H2,1-4H3,(H,16,20)/t9-,10+,11-/m1/s1. The van der Waals surface area contributed by atoms with Crippen LogP contribution in [-0.2, 0) is 23.8 Å². The van der Waals surface area contributed by atoms with Crippen molar-refractivity contribution in [2.45, 2.75) is 64.4 Å². The van der Waals surface area contributed by atoms with Crippen LogP contribution in [-0.4, -0.2) is 60.0 Å². The zero-order valence-electron chi connectivity index (χ0n) is 14.0. The number of rotatable bonds is 3. The molecule has 23 heavy (non-hydrogen) atoms. The molecule has 0 aromatic rings. The van der Waals surface area contributed by atoms with Crippen LogP contribution in [0.25, 0.3) is 0 Å². The molecule has 8 nitrogen and oxygen atoms in total. The summed E-state index contributed by atoms with van der Waals surface area (Å²) in [5.74, 6) is -0.785. The van der Waals surface area contributed by atoms with Crippen LogP contribution in [0.15, 0.2) is 0 Å². The van der Waals surface area contributed by atoms with Gasteiger partial charge in [0.15, 0.2) is 0 Å². The summed E-state index contributed by atoms with van der Waals surface area (Å²) in [5.41, 5.74) is -0.660. The zero-order chi connectivity index (χ0) is 17.2. The third-order valence-electron chi connectivity index (χ3n) is 3.59. The highest BCUT2D eigenvalue weighted by molar-refractivity contribution is 5.91. The number of nitrogens with zero attached hydrogens (tertiary/aromatic N) is 1. The average molecular weight is 328 g/mol. The Balaban J connectivity index is 2.02. The summed E-state index contributed by atoms with van der Waals surface area (Å²) in [7, 11) is 0. The maximum atomic E-state index is 12.6. The number of fused-ring (bicyclic) bond motifs is 1. The fourth-order valence-electron chi connectivity index (χ4n) is 2.72. The summed E-state index contributed by atoms with van der Waals surface area (Å²) >= 11 is 0. The van der Waals surface area contributed by atoms with Crippen LogP contribution in [0.5, 0.6) is 0 Å². The van der Waals surface area contributed by atoms with Crippen LogP contribution in [0.3, 0.4) is 0 Å². The monoisotopic (exact) mass is 328 g/mol. The van der Waals surface area contributed by atoms with E-state index in [0.29, 0.717) is 12.8 Å². The van der Waals surface area contributed by atoms with Gasteiger partial charge in [0, 0.05) is 0 Å². The van der Waals surface area contributed by atoms with Crippen LogP contribution in [0.1, 0.15) is 40.5 Å². The van der Waals surface area contributed by atoms with E-state index in [1.807, 2.05) is 0 Å². The number of ether oxygens (including phenoxy) is 3. The molecule has 2 aliphatic heterocycles. The zero-order valence-corrected chi connectivity index (χ0v) is 14.0. The summed E-state index contributed by atoms with van der Waals surface area (Å²) in [4.78, 5) is 37.8. The highest BCUT2D eigenvalue weighted by Gasteiger charge is 2.48. The van der Waals surface area contributed by atoms with Crippen LogP contribution >= 0.6 is 0 Å². The van der Waals surface area contributed by atoms with Gasteiger partial charge in [0.2, 0.25) is 5.91 Å². The van der Waals surface area contributed by atoms with Crippen LogP contribution < -0.4 is 5.32 Å². The number of nitrogens with one attached hydrogen (secondary N) is 1. The number of amides is 2. The second-order valence-electron chi connectivity index (χ2n) is 6.58. The van der Waals surface area contributed by atoms with E-state index in [0.717, 1.165) is 0 Å². The maximum absolute atomic E-state index is 12.6. The summed E-state index contributed by atoms with van der Waals surface area (Å²) < 4.78 is 15.8. The molecule has 2 amide bonds. The van der Waals surface area contributed by atoms with E-state index >= 15 is 0 Å². The van der Waals surface area contributed by atoms with Crippen LogP contribution in [0, 0.1) is 0 Å². The van der Waals surface area contributed by atoms with Gasteiger partial charge in [-0.25, -0.2) is 9.59 Å². The number of esters is 1. The van der Waals surface area contributed by atoms with Gasteiger partial charge >= 0.3 is 12.1 Å². The number of carbonyl (C=O) groups excluding carboxylic acids is 3. The molecular formula is C15H24N2O6. The fourth-order valence-corrected chi connectivity index (χ4v) is 2.72. The third kappa shape index (κ3) is 4.13. The Morgan fingerprint density at radius 3 is 2.65 bits per heavy atom. The maximum Gasteiger partial charge on any atom is 0.408 e. The molecule has 2 rings (SSSR count). The predicted molar refractivity (Wildman–Crippen MR) is 79.4 cm³/mol. The minimum absolute atomic E-state index is 0.0643. The predicted octanol–water partition coefficient (Wildman–Crippen LogP) is 0.790. The highest BCUT2D eigenvalue weighted by atomic mass is 16.6. The first-order valence-electron chi connectivity index (χ1n) is 7.83. The molecule has 3 atom stereocenters. The normalized spacial score (nSPS) is 27.4. The number of hydrogen-bond acceptors (Lipinski definition) is 6. The van der Waals surface area contributed by atoms with Crippen molar-refractivity contribution < 1.29 is 28.6 Å². The first kappa shape index (κ1) is 17.5. The Hall–Kier alpha value is -1.83. The van der Waals surface area contributed by atoms with Gasteiger partial charge in [0.1, 0.15) is 23.9 Å². The Bertz CT molecular complexity index is 487. The second kappa shape index (κ2) is 6.74. The molecule has 130 valence electrons. The number of carbonyl (C=O) groups is 3. The van der Waals surface area contributed by atoms with Crippen molar-refractivity contribution in [2.75, 3.05) is 13.2 Å². The summed E-state index contributed by atoms with van der Waals surface area (Å²) in [6.07, 6.45) is -0.0543. The molecule has 2 aliphatic rings. The second-order valence-corrected chi connectivity index (χ2v) is 6.58. The van der Waals surface area contributed by atoms with E-state index in [2.05, 4.69) is 5.32 Å². The van der Waals surface area contributed by atoms with Crippen LogP contribution in [0.2, 0.25) is 0 Å². The van der Waals surface area contributed by atoms with Crippen LogP contribution in [0.4, 0.5) is 4.79 Å². The van der Waals surface area contributed by atoms with E-state index in [4.69, 9.17) is 14.2 Å². The van der Waals surface area contributed by atoms with E-state index in [1.54, 1.807) is 27.7 Å². The lowest BCUT2D eigenvalue weighted by Gasteiger charge is -2.37. The minimum Gasteiger partial charge on any atom is -0.464 e. The lowest BCUT2D eigenvalue weighted by Crippen LogP contribution is -2.60. The van der Waals surface area contributed by atoms with Crippen molar-refractivity contribution >= 4 is 18.0 Å². The Morgan fingerprint density at radius 1 is 1.35 bits per heavy atom. The first-order valence-corrected chi connectivity index (χ1v) is 7.83. The molecule has 2 saturated heterocycles. The molecule has 1 N–H and O–H groups in total. The van der Waals surface area contributed by atoms with Crippen molar-refractivity contribution in [1.82, 2.24) is 10.2 Å². The molecule has 0 spiro atoms. The SMILES string of the molecule is CCOC(=O)[C@@H]1CC[C@H]2OC[C@@H](NC(=O)OC(C)(C)C)C(=O)N21. The van der Waals surface area contributed by atoms with Crippen molar-refractivity contribution in [3.05, 3.63) is 0 Å². The largest absolute Gasteiger partial charge is 0.464 e. The van der Waals surface area contributed by atoms with Crippen molar-refractivity contribution in [3.63, 3.8) is 0 Å². The molecule has 0 radical (unpaired) electrons.